The van der Waals surface area contributed by atoms with E-state index in [9.17, 15) is 4.39 Å². The predicted octanol–water partition coefficient (Wildman–Crippen LogP) is 4.49. The van der Waals surface area contributed by atoms with Crippen molar-refractivity contribution in [2.75, 3.05) is 13.7 Å². The predicted molar refractivity (Wildman–Crippen MR) is 87.2 cm³/mol. The van der Waals surface area contributed by atoms with Crippen LogP contribution in [0.1, 0.15) is 24.1 Å². The Hall–Kier alpha value is -1.39. The van der Waals surface area contributed by atoms with Gasteiger partial charge in [-0.25, -0.2) is 4.39 Å². The molecule has 1 atom stereocenters. The van der Waals surface area contributed by atoms with Gasteiger partial charge in [0.25, 0.3) is 0 Å². The molecule has 0 aliphatic carbocycles. The van der Waals surface area contributed by atoms with E-state index in [0.29, 0.717) is 4.47 Å². The van der Waals surface area contributed by atoms with Gasteiger partial charge in [-0.2, -0.15) is 0 Å². The number of rotatable bonds is 6. The van der Waals surface area contributed by atoms with E-state index in [0.717, 1.165) is 29.8 Å². The number of nitrogens with one attached hydrogen (secondary N) is 1. The quantitative estimate of drug-likeness (QED) is 0.827. The monoisotopic (exact) mass is 351 g/mol. The Bertz CT molecular complexity index is 603. The second-order valence-corrected chi connectivity index (χ2v) is 5.69. The van der Waals surface area contributed by atoms with Crippen molar-refractivity contribution < 1.29 is 9.13 Å². The molecule has 0 radical (unpaired) electrons. The summed E-state index contributed by atoms with van der Waals surface area (Å²) in [5, 5.41) is 3.47. The van der Waals surface area contributed by atoms with E-state index >= 15 is 0 Å². The first kappa shape index (κ1) is 16.0. The minimum atomic E-state index is -0.236. The molecule has 0 fully saturated rings. The molecular weight excluding hydrogens is 333 g/mol. The molecule has 2 nitrogen and oxygen atoms in total. The number of hydrogen-bond donors (Lipinski definition) is 1. The molecule has 0 spiro atoms. The lowest BCUT2D eigenvalue weighted by atomic mass is 9.98. The maximum atomic E-state index is 13.3. The highest BCUT2D eigenvalue weighted by Gasteiger charge is 2.13. The molecule has 0 bridgehead atoms. The van der Waals surface area contributed by atoms with Gasteiger partial charge in [-0.05, 0) is 64.3 Å². The summed E-state index contributed by atoms with van der Waals surface area (Å²) in [6, 6.07) is 13.3. The SMILES string of the molecule is CCNC(Cc1ccc(F)c(Br)c1)c1cccc(OC)c1. The van der Waals surface area contributed by atoms with Gasteiger partial charge in [-0.15, -0.1) is 0 Å². The van der Waals surface area contributed by atoms with Crippen LogP contribution in [0.5, 0.6) is 5.75 Å². The lowest BCUT2D eigenvalue weighted by molar-refractivity contribution is 0.413. The van der Waals surface area contributed by atoms with Crippen molar-refractivity contribution in [3.8, 4) is 5.75 Å². The zero-order valence-electron chi connectivity index (χ0n) is 12.2. The highest BCUT2D eigenvalue weighted by Crippen LogP contribution is 2.24. The molecule has 0 aliphatic heterocycles. The highest BCUT2D eigenvalue weighted by atomic mass is 79.9. The van der Waals surface area contributed by atoms with Crippen LogP contribution in [0.4, 0.5) is 4.39 Å². The summed E-state index contributed by atoms with van der Waals surface area (Å²) in [4.78, 5) is 0. The van der Waals surface area contributed by atoms with Crippen LogP contribution in [0.3, 0.4) is 0 Å². The normalized spacial score (nSPS) is 12.2. The van der Waals surface area contributed by atoms with E-state index < -0.39 is 0 Å². The Morgan fingerprint density at radius 1 is 1.24 bits per heavy atom. The molecule has 0 saturated carbocycles. The number of hydrogen-bond acceptors (Lipinski definition) is 2. The summed E-state index contributed by atoms with van der Waals surface area (Å²) in [5.74, 6) is 0.607. The van der Waals surface area contributed by atoms with Crippen LogP contribution in [0, 0.1) is 5.82 Å². The van der Waals surface area contributed by atoms with E-state index in [1.165, 1.54) is 6.07 Å². The molecule has 4 heteroatoms. The molecular formula is C17H19BrFNO. The van der Waals surface area contributed by atoms with Gasteiger partial charge in [0, 0.05) is 6.04 Å². The van der Waals surface area contributed by atoms with E-state index in [4.69, 9.17) is 4.74 Å². The molecule has 112 valence electrons. The van der Waals surface area contributed by atoms with Crippen LogP contribution in [0.25, 0.3) is 0 Å². The van der Waals surface area contributed by atoms with Gasteiger partial charge in [-0.1, -0.05) is 25.1 Å². The second-order valence-electron chi connectivity index (χ2n) is 4.84. The molecule has 1 unspecified atom stereocenters. The van der Waals surface area contributed by atoms with Crippen molar-refractivity contribution in [3.05, 3.63) is 63.9 Å². The summed E-state index contributed by atoms with van der Waals surface area (Å²) in [5.41, 5.74) is 2.24. The van der Waals surface area contributed by atoms with Crippen LogP contribution in [-0.2, 0) is 6.42 Å². The largest absolute Gasteiger partial charge is 0.497 e. The molecule has 21 heavy (non-hydrogen) atoms. The number of benzene rings is 2. The van der Waals surface area contributed by atoms with Gasteiger partial charge in [0.05, 0.1) is 11.6 Å². The summed E-state index contributed by atoms with van der Waals surface area (Å²) >= 11 is 3.24. The van der Waals surface area contributed by atoms with E-state index in [-0.39, 0.29) is 11.9 Å². The van der Waals surface area contributed by atoms with Crippen LogP contribution in [0.2, 0.25) is 0 Å². The molecule has 0 aromatic heterocycles. The van der Waals surface area contributed by atoms with Gasteiger partial charge < -0.3 is 10.1 Å². The Morgan fingerprint density at radius 2 is 2.05 bits per heavy atom. The first-order valence-corrected chi connectivity index (χ1v) is 7.74. The maximum Gasteiger partial charge on any atom is 0.137 e. The van der Waals surface area contributed by atoms with E-state index in [1.807, 2.05) is 30.3 Å². The van der Waals surface area contributed by atoms with Crippen LogP contribution < -0.4 is 10.1 Å². The Labute approximate surface area is 133 Å². The standard InChI is InChI=1S/C17H19BrFNO/c1-3-20-17(13-5-4-6-14(11-13)21-2)10-12-7-8-16(19)15(18)9-12/h4-9,11,17,20H,3,10H2,1-2H3. The van der Waals surface area contributed by atoms with Crippen molar-refractivity contribution in [1.82, 2.24) is 5.32 Å². The van der Waals surface area contributed by atoms with Crippen LogP contribution in [-0.4, -0.2) is 13.7 Å². The zero-order chi connectivity index (χ0) is 15.2. The van der Waals surface area contributed by atoms with Crippen LogP contribution in [0.15, 0.2) is 46.9 Å². The molecule has 0 saturated heterocycles. The van der Waals surface area contributed by atoms with Gasteiger partial charge in [0.2, 0.25) is 0 Å². The average Bonchev–Trinajstić information content (AvgIpc) is 2.50. The molecule has 2 aromatic carbocycles. The molecule has 0 aliphatic rings. The maximum absolute atomic E-state index is 13.3. The smallest absolute Gasteiger partial charge is 0.137 e. The number of methoxy groups -OCH3 is 1. The highest BCUT2D eigenvalue weighted by molar-refractivity contribution is 9.10. The van der Waals surface area contributed by atoms with Gasteiger partial charge in [0.1, 0.15) is 11.6 Å². The van der Waals surface area contributed by atoms with E-state index in [2.05, 4.69) is 34.2 Å². The molecule has 0 amide bonds. The van der Waals surface area contributed by atoms with Crippen molar-refractivity contribution in [1.29, 1.82) is 0 Å². The summed E-state index contributed by atoms with van der Waals surface area (Å²) in [7, 11) is 1.67. The fourth-order valence-electron chi connectivity index (χ4n) is 2.31. The number of likely N-dealkylation sites (N-methyl/N-ethyl adjacent to an activating group) is 1. The minimum absolute atomic E-state index is 0.169. The summed E-state index contributed by atoms with van der Waals surface area (Å²) in [6.45, 7) is 2.94. The molecule has 1 N–H and O–H groups in total. The lowest BCUT2D eigenvalue weighted by Crippen LogP contribution is -2.23. The number of ether oxygens (including phenoxy) is 1. The fraction of sp³-hybridized carbons (Fsp3) is 0.294. The minimum Gasteiger partial charge on any atom is -0.497 e. The van der Waals surface area contributed by atoms with E-state index in [1.54, 1.807) is 7.11 Å². The number of halogens is 2. The topological polar surface area (TPSA) is 21.3 Å². The van der Waals surface area contributed by atoms with Gasteiger partial charge >= 0.3 is 0 Å². The summed E-state index contributed by atoms with van der Waals surface area (Å²) in [6.07, 6.45) is 0.792. The Balaban J connectivity index is 2.23. The zero-order valence-corrected chi connectivity index (χ0v) is 13.8. The fourth-order valence-corrected chi connectivity index (χ4v) is 2.74. The molecule has 2 aromatic rings. The van der Waals surface area contributed by atoms with Crippen LogP contribution >= 0.6 is 15.9 Å². The van der Waals surface area contributed by atoms with Crippen molar-refractivity contribution in [2.45, 2.75) is 19.4 Å². The van der Waals surface area contributed by atoms with Crippen molar-refractivity contribution in [3.63, 3.8) is 0 Å². The third-order valence-electron chi connectivity index (χ3n) is 3.37. The third-order valence-corrected chi connectivity index (χ3v) is 3.98. The molecule has 0 heterocycles. The molecule has 2 rings (SSSR count). The Kier molecular flexibility index (Phi) is 5.76. The average molecular weight is 352 g/mol. The van der Waals surface area contributed by atoms with Crippen molar-refractivity contribution in [2.24, 2.45) is 0 Å². The lowest BCUT2D eigenvalue weighted by Gasteiger charge is -2.19. The van der Waals surface area contributed by atoms with Crippen molar-refractivity contribution >= 4 is 15.9 Å². The third kappa shape index (κ3) is 4.29. The van der Waals surface area contributed by atoms with Gasteiger partial charge in [0.15, 0.2) is 0 Å². The first-order chi connectivity index (χ1) is 10.1. The first-order valence-electron chi connectivity index (χ1n) is 6.95. The summed E-state index contributed by atoms with van der Waals surface area (Å²) < 4.78 is 19.1. The second kappa shape index (κ2) is 7.57. The van der Waals surface area contributed by atoms with Gasteiger partial charge in [-0.3, -0.25) is 0 Å². The Morgan fingerprint density at radius 3 is 2.71 bits per heavy atom.